The normalized spacial score (nSPS) is 10.4. The number of hydrogen-bond donors (Lipinski definition) is 0. The van der Waals surface area contributed by atoms with Crippen LogP contribution in [0.1, 0.15) is 35.7 Å². The van der Waals surface area contributed by atoms with Gasteiger partial charge in [0.05, 0.1) is 0 Å². The highest BCUT2D eigenvalue weighted by molar-refractivity contribution is 5.97. The van der Waals surface area contributed by atoms with E-state index in [1.54, 1.807) is 6.07 Å². The van der Waals surface area contributed by atoms with E-state index < -0.39 is 5.82 Å². The molecule has 110 valence electrons. The highest BCUT2D eigenvalue weighted by Crippen LogP contribution is 2.14. The predicted octanol–water partition coefficient (Wildman–Crippen LogP) is 4.43. The second-order valence-electron chi connectivity index (χ2n) is 4.97. The van der Waals surface area contributed by atoms with Gasteiger partial charge in [-0.05, 0) is 42.7 Å². The Balaban J connectivity index is 1.89. The predicted molar refractivity (Wildman–Crippen MR) is 81.3 cm³/mol. The summed E-state index contributed by atoms with van der Waals surface area (Å²) >= 11 is 0. The number of unbranched alkanes of at least 4 members (excludes halogenated alkanes) is 1. The molecule has 2 rings (SSSR count). The average molecular weight is 286 g/mol. The van der Waals surface area contributed by atoms with Crippen molar-refractivity contribution in [2.75, 3.05) is 6.61 Å². The Morgan fingerprint density at radius 3 is 2.57 bits per heavy atom. The first kappa shape index (κ1) is 15.2. The third-order valence-corrected chi connectivity index (χ3v) is 3.26. The lowest BCUT2D eigenvalue weighted by Gasteiger charge is -2.07. The van der Waals surface area contributed by atoms with Crippen molar-refractivity contribution < 1.29 is 13.9 Å². The van der Waals surface area contributed by atoms with Crippen molar-refractivity contribution in [3.63, 3.8) is 0 Å². The minimum absolute atomic E-state index is 0.0856. The Hall–Kier alpha value is -2.16. The molecule has 0 radical (unpaired) electrons. The fourth-order valence-electron chi connectivity index (χ4n) is 2.03. The summed E-state index contributed by atoms with van der Waals surface area (Å²) in [6.45, 7) is 2.08. The van der Waals surface area contributed by atoms with Gasteiger partial charge in [0.15, 0.2) is 12.4 Å². The molecule has 0 saturated heterocycles. The number of Topliss-reactive ketones (excluding diaryl/α,β-unsaturated/α-hetero) is 1. The van der Waals surface area contributed by atoms with E-state index in [0.29, 0.717) is 11.3 Å². The summed E-state index contributed by atoms with van der Waals surface area (Å²) < 4.78 is 18.5. The van der Waals surface area contributed by atoms with E-state index in [4.69, 9.17) is 4.74 Å². The molecule has 0 N–H and O–H groups in total. The molecule has 0 unspecified atom stereocenters. The van der Waals surface area contributed by atoms with Crippen molar-refractivity contribution in [1.82, 2.24) is 0 Å². The Morgan fingerprint density at radius 2 is 1.90 bits per heavy atom. The second-order valence-corrected chi connectivity index (χ2v) is 4.97. The van der Waals surface area contributed by atoms with E-state index in [-0.39, 0.29) is 12.4 Å². The Kier molecular flexibility index (Phi) is 5.50. The molecule has 0 aliphatic heterocycles. The summed E-state index contributed by atoms with van der Waals surface area (Å²) in [4.78, 5) is 11.9. The van der Waals surface area contributed by atoms with Gasteiger partial charge in [-0.15, -0.1) is 0 Å². The van der Waals surface area contributed by atoms with Crippen LogP contribution in [-0.4, -0.2) is 12.4 Å². The zero-order valence-electron chi connectivity index (χ0n) is 12.1. The first-order chi connectivity index (χ1) is 10.2. The molecular formula is C18H19FO2. The molecule has 0 bridgehead atoms. The molecule has 0 aliphatic rings. The smallest absolute Gasteiger partial charge is 0.200 e. The lowest BCUT2D eigenvalue weighted by molar-refractivity contribution is 0.0921. The summed E-state index contributed by atoms with van der Waals surface area (Å²) in [6.07, 6.45) is 3.39. The van der Waals surface area contributed by atoms with Crippen molar-refractivity contribution in [3.8, 4) is 5.75 Å². The number of ether oxygens (including phenoxy) is 1. The molecule has 0 spiro atoms. The lowest BCUT2D eigenvalue weighted by atomic mass is 10.1. The quantitative estimate of drug-likeness (QED) is 0.704. The van der Waals surface area contributed by atoms with Crippen LogP contribution in [0.15, 0.2) is 48.5 Å². The lowest BCUT2D eigenvalue weighted by Crippen LogP contribution is -2.11. The Bertz CT molecular complexity index is 590. The van der Waals surface area contributed by atoms with Crippen LogP contribution in [0.2, 0.25) is 0 Å². The molecular weight excluding hydrogens is 267 g/mol. The standard InChI is InChI=1S/C18H19FO2/c1-2-3-5-14-8-10-17(11-9-14)21-13-18(20)15-6-4-7-16(19)12-15/h4,6-12H,2-3,5,13H2,1H3. The van der Waals surface area contributed by atoms with Gasteiger partial charge < -0.3 is 4.74 Å². The Morgan fingerprint density at radius 1 is 1.14 bits per heavy atom. The highest BCUT2D eigenvalue weighted by Gasteiger charge is 2.07. The van der Waals surface area contributed by atoms with Crippen LogP contribution in [0.4, 0.5) is 4.39 Å². The van der Waals surface area contributed by atoms with E-state index in [9.17, 15) is 9.18 Å². The maximum absolute atomic E-state index is 13.0. The monoisotopic (exact) mass is 286 g/mol. The van der Waals surface area contributed by atoms with Crippen LogP contribution >= 0.6 is 0 Å². The zero-order valence-corrected chi connectivity index (χ0v) is 12.1. The fourth-order valence-corrected chi connectivity index (χ4v) is 2.03. The maximum atomic E-state index is 13.0. The molecule has 0 amide bonds. The number of carbonyl (C=O) groups is 1. The van der Waals surface area contributed by atoms with Gasteiger partial charge in [0, 0.05) is 5.56 Å². The average Bonchev–Trinajstić information content (AvgIpc) is 2.51. The number of halogens is 1. The van der Waals surface area contributed by atoms with Crippen molar-refractivity contribution in [3.05, 3.63) is 65.5 Å². The minimum atomic E-state index is -0.416. The molecule has 0 aliphatic carbocycles. The van der Waals surface area contributed by atoms with Gasteiger partial charge in [-0.2, -0.15) is 0 Å². The van der Waals surface area contributed by atoms with E-state index in [1.165, 1.54) is 30.2 Å². The van der Waals surface area contributed by atoms with Crippen LogP contribution in [0.3, 0.4) is 0 Å². The molecule has 0 aromatic heterocycles. The molecule has 2 aromatic carbocycles. The fraction of sp³-hybridized carbons (Fsp3) is 0.278. The topological polar surface area (TPSA) is 26.3 Å². The molecule has 3 heteroatoms. The SMILES string of the molecule is CCCCc1ccc(OCC(=O)c2cccc(F)c2)cc1. The van der Waals surface area contributed by atoms with Crippen LogP contribution in [0.5, 0.6) is 5.75 Å². The van der Waals surface area contributed by atoms with Gasteiger partial charge >= 0.3 is 0 Å². The number of carbonyl (C=O) groups excluding carboxylic acids is 1. The molecule has 0 fully saturated rings. The largest absolute Gasteiger partial charge is 0.485 e. The number of aryl methyl sites for hydroxylation is 1. The number of rotatable bonds is 7. The van der Waals surface area contributed by atoms with E-state index in [1.807, 2.05) is 24.3 Å². The maximum Gasteiger partial charge on any atom is 0.200 e. The number of ketones is 1. The van der Waals surface area contributed by atoms with Crippen LogP contribution in [0, 0.1) is 5.82 Å². The molecule has 21 heavy (non-hydrogen) atoms. The first-order valence-electron chi connectivity index (χ1n) is 7.19. The van der Waals surface area contributed by atoms with Crippen LogP contribution < -0.4 is 4.74 Å². The van der Waals surface area contributed by atoms with Gasteiger partial charge in [0.2, 0.25) is 0 Å². The van der Waals surface area contributed by atoms with Gasteiger partial charge in [0.1, 0.15) is 11.6 Å². The first-order valence-corrected chi connectivity index (χ1v) is 7.19. The van der Waals surface area contributed by atoms with Gasteiger partial charge in [-0.25, -0.2) is 4.39 Å². The summed E-state index contributed by atoms with van der Waals surface area (Å²) in [7, 11) is 0. The third-order valence-electron chi connectivity index (χ3n) is 3.26. The third kappa shape index (κ3) is 4.71. The molecule has 0 saturated carbocycles. The summed E-state index contributed by atoms with van der Waals surface area (Å²) in [5.74, 6) is 0.00527. The van der Waals surface area contributed by atoms with Gasteiger partial charge in [0.25, 0.3) is 0 Å². The van der Waals surface area contributed by atoms with Crippen molar-refractivity contribution >= 4 is 5.78 Å². The zero-order chi connectivity index (χ0) is 15.1. The minimum Gasteiger partial charge on any atom is -0.485 e. The van der Waals surface area contributed by atoms with Crippen molar-refractivity contribution in [1.29, 1.82) is 0 Å². The molecule has 0 atom stereocenters. The second kappa shape index (κ2) is 7.58. The molecule has 2 nitrogen and oxygen atoms in total. The number of benzene rings is 2. The summed E-state index contributed by atoms with van der Waals surface area (Å²) in [5.41, 5.74) is 1.59. The van der Waals surface area contributed by atoms with E-state index in [2.05, 4.69) is 6.92 Å². The molecule has 2 aromatic rings. The van der Waals surface area contributed by atoms with Gasteiger partial charge in [-0.1, -0.05) is 37.6 Å². The van der Waals surface area contributed by atoms with Crippen molar-refractivity contribution in [2.24, 2.45) is 0 Å². The summed E-state index contributed by atoms with van der Waals surface area (Å²) in [6, 6.07) is 13.4. The summed E-state index contributed by atoms with van der Waals surface area (Å²) in [5, 5.41) is 0. The van der Waals surface area contributed by atoms with Crippen LogP contribution in [-0.2, 0) is 6.42 Å². The van der Waals surface area contributed by atoms with Crippen LogP contribution in [0.25, 0.3) is 0 Å². The van der Waals surface area contributed by atoms with E-state index in [0.717, 1.165) is 12.8 Å². The Labute approximate surface area is 124 Å². The van der Waals surface area contributed by atoms with E-state index >= 15 is 0 Å². The highest BCUT2D eigenvalue weighted by atomic mass is 19.1. The van der Waals surface area contributed by atoms with Crippen molar-refractivity contribution in [2.45, 2.75) is 26.2 Å². The van der Waals surface area contributed by atoms with Gasteiger partial charge in [-0.3, -0.25) is 4.79 Å². The number of hydrogen-bond acceptors (Lipinski definition) is 2. The molecule has 0 heterocycles.